The van der Waals surface area contributed by atoms with Crippen LogP contribution in [0.25, 0.3) is 0 Å². The maximum absolute atomic E-state index is 10.8. The van der Waals surface area contributed by atoms with Crippen LogP contribution in [0, 0.1) is 0 Å². The van der Waals surface area contributed by atoms with Crippen molar-refractivity contribution in [3.8, 4) is 0 Å². The van der Waals surface area contributed by atoms with E-state index in [2.05, 4.69) is 10.6 Å². The van der Waals surface area contributed by atoms with Gasteiger partial charge < -0.3 is 22.1 Å². The maximum atomic E-state index is 10.8. The molecule has 0 aliphatic heterocycles. The van der Waals surface area contributed by atoms with Crippen molar-refractivity contribution < 1.29 is 14.4 Å². The first kappa shape index (κ1) is 15.1. The first-order chi connectivity index (χ1) is 6.06. The quantitative estimate of drug-likeness (QED) is 0.399. The highest BCUT2D eigenvalue weighted by atomic mass is 35.5. The molecule has 0 radical (unpaired) electrons. The van der Waals surface area contributed by atoms with Crippen LogP contribution < -0.4 is 22.1 Å². The summed E-state index contributed by atoms with van der Waals surface area (Å²) in [6, 6.07) is 0. The second kappa shape index (κ2) is 8.27. The Morgan fingerprint density at radius 2 is 1.50 bits per heavy atom. The van der Waals surface area contributed by atoms with Gasteiger partial charge in [-0.3, -0.25) is 14.4 Å². The maximum Gasteiger partial charge on any atom is 0.239 e. The standard InChI is InChI=1S/C6H12N4O3.ClH/c7-1-5(12)10-3-6(13)9-2-4(8)11;/h1-3,7H2,(H2,8,11)(H,9,13)(H,10,12);1H. The molecular weight excluding hydrogens is 212 g/mol. The zero-order valence-corrected chi connectivity index (χ0v) is 8.23. The minimum absolute atomic E-state index is 0. The summed E-state index contributed by atoms with van der Waals surface area (Å²) in [7, 11) is 0. The van der Waals surface area contributed by atoms with Gasteiger partial charge in [0.05, 0.1) is 19.6 Å². The third kappa shape index (κ3) is 8.75. The van der Waals surface area contributed by atoms with Crippen molar-refractivity contribution in [3.63, 3.8) is 0 Å². The fourth-order valence-electron chi connectivity index (χ4n) is 0.499. The van der Waals surface area contributed by atoms with Crippen molar-refractivity contribution in [2.75, 3.05) is 19.6 Å². The fourth-order valence-corrected chi connectivity index (χ4v) is 0.499. The zero-order valence-electron chi connectivity index (χ0n) is 7.41. The Kier molecular flexibility index (Phi) is 8.94. The molecule has 0 heterocycles. The van der Waals surface area contributed by atoms with Crippen molar-refractivity contribution >= 4 is 30.1 Å². The van der Waals surface area contributed by atoms with E-state index in [0.29, 0.717) is 0 Å². The normalized spacial score (nSPS) is 8.36. The zero-order chi connectivity index (χ0) is 10.3. The molecule has 0 bridgehead atoms. The summed E-state index contributed by atoms with van der Waals surface area (Å²) in [4.78, 5) is 31.5. The van der Waals surface area contributed by atoms with Crippen molar-refractivity contribution in [1.82, 2.24) is 10.6 Å². The van der Waals surface area contributed by atoms with Crippen molar-refractivity contribution in [1.29, 1.82) is 0 Å². The number of carbonyl (C=O) groups excluding carboxylic acids is 3. The molecule has 0 aromatic heterocycles. The van der Waals surface area contributed by atoms with E-state index in [1.165, 1.54) is 0 Å². The van der Waals surface area contributed by atoms with Gasteiger partial charge in [-0.25, -0.2) is 0 Å². The Morgan fingerprint density at radius 1 is 1.00 bits per heavy atom. The molecule has 0 aromatic rings. The molecule has 7 nitrogen and oxygen atoms in total. The van der Waals surface area contributed by atoms with Crippen LogP contribution >= 0.6 is 12.4 Å². The lowest BCUT2D eigenvalue weighted by molar-refractivity contribution is -0.126. The van der Waals surface area contributed by atoms with Crippen molar-refractivity contribution in [3.05, 3.63) is 0 Å². The number of primary amides is 1. The molecule has 0 saturated heterocycles. The van der Waals surface area contributed by atoms with Crippen LogP contribution in [0.5, 0.6) is 0 Å². The Hall–Kier alpha value is -1.34. The molecule has 0 aliphatic rings. The summed E-state index contributed by atoms with van der Waals surface area (Å²) in [5, 5.41) is 4.42. The Morgan fingerprint density at radius 3 is 1.93 bits per heavy atom. The van der Waals surface area contributed by atoms with Gasteiger partial charge in [0, 0.05) is 0 Å². The SMILES string of the molecule is Cl.NCC(=O)NCC(=O)NCC(N)=O. The summed E-state index contributed by atoms with van der Waals surface area (Å²) in [5.74, 6) is -1.56. The van der Waals surface area contributed by atoms with E-state index in [1.54, 1.807) is 0 Å². The van der Waals surface area contributed by atoms with E-state index in [1.807, 2.05) is 0 Å². The van der Waals surface area contributed by atoms with Crippen LogP contribution in [0.3, 0.4) is 0 Å². The van der Waals surface area contributed by atoms with Crippen LogP contribution in [0.2, 0.25) is 0 Å². The van der Waals surface area contributed by atoms with Crippen LogP contribution in [-0.2, 0) is 14.4 Å². The third-order valence-corrected chi connectivity index (χ3v) is 1.09. The van der Waals surface area contributed by atoms with Gasteiger partial charge in [0.15, 0.2) is 0 Å². The number of hydrogen-bond donors (Lipinski definition) is 4. The number of carbonyl (C=O) groups is 3. The number of amides is 3. The monoisotopic (exact) mass is 224 g/mol. The molecule has 0 atom stereocenters. The van der Waals surface area contributed by atoms with Gasteiger partial charge in [-0.2, -0.15) is 0 Å². The third-order valence-electron chi connectivity index (χ3n) is 1.09. The highest BCUT2D eigenvalue weighted by molar-refractivity contribution is 5.88. The van der Waals surface area contributed by atoms with Gasteiger partial charge in [0.1, 0.15) is 0 Å². The molecule has 3 amide bonds. The highest BCUT2D eigenvalue weighted by Crippen LogP contribution is 1.65. The first-order valence-electron chi connectivity index (χ1n) is 3.58. The highest BCUT2D eigenvalue weighted by Gasteiger charge is 2.03. The summed E-state index contributed by atoms with van der Waals surface area (Å²) < 4.78 is 0. The first-order valence-corrected chi connectivity index (χ1v) is 3.58. The molecule has 0 rings (SSSR count). The lowest BCUT2D eigenvalue weighted by atomic mass is 10.5. The van der Waals surface area contributed by atoms with Gasteiger partial charge in [0.25, 0.3) is 0 Å². The molecule has 6 N–H and O–H groups in total. The van der Waals surface area contributed by atoms with Gasteiger partial charge in [-0.15, -0.1) is 12.4 Å². The smallest absolute Gasteiger partial charge is 0.239 e. The van der Waals surface area contributed by atoms with E-state index >= 15 is 0 Å². The molecular formula is C6H13ClN4O3. The minimum Gasteiger partial charge on any atom is -0.368 e. The van der Waals surface area contributed by atoms with Crippen LogP contribution in [0.4, 0.5) is 0 Å². The van der Waals surface area contributed by atoms with E-state index in [4.69, 9.17) is 11.5 Å². The number of nitrogens with two attached hydrogens (primary N) is 2. The second-order valence-electron chi connectivity index (χ2n) is 2.22. The molecule has 0 unspecified atom stereocenters. The molecule has 0 saturated carbocycles. The topological polar surface area (TPSA) is 127 Å². The van der Waals surface area contributed by atoms with E-state index in [9.17, 15) is 14.4 Å². The Bertz CT molecular complexity index is 221. The van der Waals surface area contributed by atoms with Gasteiger partial charge >= 0.3 is 0 Å². The predicted molar refractivity (Wildman–Crippen MR) is 51.5 cm³/mol. The van der Waals surface area contributed by atoms with Gasteiger partial charge in [-0.1, -0.05) is 0 Å². The van der Waals surface area contributed by atoms with Crippen LogP contribution in [0.1, 0.15) is 0 Å². The summed E-state index contributed by atoms with van der Waals surface area (Å²) in [6.45, 7) is -0.621. The minimum atomic E-state index is -0.640. The van der Waals surface area contributed by atoms with E-state index in [0.717, 1.165) is 0 Å². The second-order valence-corrected chi connectivity index (χ2v) is 2.22. The summed E-state index contributed by atoms with van der Waals surface area (Å²) in [6.07, 6.45) is 0. The van der Waals surface area contributed by atoms with E-state index < -0.39 is 17.7 Å². The molecule has 8 heteroatoms. The van der Waals surface area contributed by atoms with E-state index in [-0.39, 0.29) is 32.0 Å². The van der Waals surface area contributed by atoms with Crippen LogP contribution in [0.15, 0.2) is 0 Å². The number of nitrogens with one attached hydrogen (secondary N) is 2. The average molecular weight is 225 g/mol. The number of hydrogen-bond acceptors (Lipinski definition) is 4. The predicted octanol–water partition coefficient (Wildman–Crippen LogP) is -2.92. The van der Waals surface area contributed by atoms with Crippen molar-refractivity contribution in [2.45, 2.75) is 0 Å². The number of halogens is 1. The lowest BCUT2D eigenvalue weighted by Crippen LogP contribution is -2.42. The van der Waals surface area contributed by atoms with Gasteiger partial charge in [-0.05, 0) is 0 Å². The summed E-state index contributed by atoms with van der Waals surface area (Å²) in [5.41, 5.74) is 9.72. The molecule has 14 heavy (non-hydrogen) atoms. The van der Waals surface area contributed by atoms with Crippen LogP contribution in [-0.4, -0.2) is 37.4 Å². The Balaban J connectivity index is 0. The molecule has 0 spiro atoms. The average Bonchev–Trinajstić information content (AvgIpc) is 2.10. The largest absolute Gasteiger partial charge is 0.368 e. The Labute approximate surface area is 87.0 Å². The number of rotatable bonds is 5. The lowest BCUT2D eigenvalue weighted by Gasteiger charge is -2.03. The molecule has 0 aromatic carbocycles. The van der Waals surface area contributed by atoms with Crippen molar-refractivity contribution in [2.24, 2.45) is 11.5 Å². The molecule has 82 valence electrons. The van der Waals surface area contributed by atoms with Gasteiger partial charge in [0.2, 0.25) is 17.7 Å². The fraction of sp³-hybridized carbons (Fsp3) is 0.500. The molecule has 0 aliphatic carbocycles. The molecule has 0 fully saturated rings. The summed E-state index contributed by atoms with van der Waals surface area (Å²) >= 11 is 0.